The van der Waals surface area contributed by atoms with Gasteiger partial charge in [0.25, 0.3) is 5.91 Å². The standard InChI is InChI=1S/C23H22FN3O2/c24-19-12-11-18(26-13-6-7-14-26)16-20(19)25-23(29)22(17-8-2-1-3-9-17)27-15-5-4-10-21(27)28/h1-3,6-9,11-14,16,22H,4-5,10,15H2,(H,25,29)/t22-/m0/s1. The van der Waals surface area contributed by atoms with Gasteiger partial charge in [0, 0.05) is 31.0 Å². The summed E-state index contributed by atoms with van der Waals surface area (Å²) in [7, 11) is 0. The molecule has 0 aliphatic carbocycles. The first kappa shape index (κ1) is 18.9. The molecule has 0 unspecified atom stereocenters. The van der Waals surface area contributed by atoms with Crippen molar-refractivity contribution in [3.8, 4) is 5.69 Å². The number of nitrogens with zero attached hydrogens (tertiary/aromatic N) is 2. The minimum Gasteiger partial charge on any atom is -0.327 e. The number of likely N-dealkylation sites (tertiary alicyclic amines) is 1. The van der Waals surface area contributed by atoms with Crippen LogP contribution in [-0.2, 0) is 9.59 Å². The van der Waals surface area contributed by atoms with E-state index in [1.165, 1.54) is 6.07 Å². The molecule has 0 bridgehead atoms. The van der Waals surface area contributed by atoms with Crippen LogP contribution in [0, 0.1) is 5.82 Å². The first-order valence-electron chi connectivity index (χ1n) is 9.71. The van der Waals surface area contributed by atoms with E-state index in [0.29, 0.717) is 18.5 Å². The summed E-state index contributed by atoms with van der Waals surface area (Å²) in [6.45, 7) is 0.512. The first-order chi connectivity index (χ1) is 14.1. The molecule has 2 amide bonds. The number of piperidine rings is 1. The maximum atomic E-state index is 14.5. The van der Waals surface area contributed by atoms with Gasteiger partial charge in [-0.15, -0.1) is 0 Å². The van der Waals surface area contributed by atoms with Gasteiger partial charge in [-0.3, -0.25) is 9.59 Å². The molecule has 6 heteroatoms. The summed E-state index contributed by atoms with van der Waals surface area (Å²) in [6.07, 6.45) is 5.79. The summed E-state index contributed by atoms with van der Waals surface area (Å²) in [6, 6.07) is 16.7. The summed E-state index contributed by atoms with van der Waals surface area (Å²) >= 11 is 0. The zero-order valence-corrected chi connectivity index (χ0v) is 15.9. The molecule has 0 saturated carbocycles. The lowest BCUT2D eigenvalue weighted by Gasteiger charge is -2.34. The Bertz CT molecular complexity index is 1000. The lowest BCUT2D eigenvalue weighted by atomic mass is 10.0. The highest BCUT2D eigenvalue weighted by molar-refractivity contribution is 5.98. The second-order valence-corrected chi connectivity index (χ2v) is 7.10. The summed E-state index contributed by atoms with van der Waals surface area (Å²) < 4.78 is 16.3. The molecule has 3 aromatic rings. The van der Waals surface area contributed by atoms with Crippen LogP contribution in [-0.4, -0.2) is 27.8 Å². The van der Waals surface area contributed by atoms with Crippen molar-refractivity contribution < 1.29 is 14.0 Å². The number of benzene rings is 2. The Labute approximate surface area is 168 Å². The van der Waals surface area contributed by atoms with Crippen molar-refractivity contribution in [3.05, 3.63) is 84.4 Å². The number of amides is 2. The molecule has 1 N–H and O–H groups in total. The van der Waals surface area contributed by atoms with Gasteiger partial charge < -0.3 is 14.8 Å². The number of nitrogens with one attached hydrogen (secondary N) is 1. The largest absolute Gasteiger partial charge is 0.327 e. The minimum absolute atomic E-state index is 0.0539. The van der Waals surface area contributed by atoms with Gasteiger partial charge >= 0.3 is 0 Å². The molecule has 29 heavy (non-hydrogen) atoms. The maximum Gasteiger partial charge on any atom is 0.251 e. The van der Waals surface area contributed by atoms with Crippen LogP contribution in [0.5, 0.6) is 0 Å². The highest BCUT2D eigenvalue weighted by Crippen LogP contribution is 2.28. The fraction of sp³-hybridized carbons (Fsp3) is 0.217. The molecule has 148 valence electrons. The molecule has 1 aliphatic rings. The SMILES string of the molecule is O=C(Nc1cc(-n2cccc2)ccc1F)[C@H](c1ccccc1)N1CCCCC1=O. The predicted molar refractivity (Wildman–Crippen MR) is 109 cm³/mol. The number of hydrogen-bond acceptors (Lipinski definition) is 2. The molecule has 1 aliphatic heterocycles. The molecule has 0 radical (unpaired) electrons. The predicted octanol–water partition coefficient (Wildman–Crippen LogP) is 4.31. The highest BCUT2D eigenvalue weighted by Gasteiger charge is 2.33. The monoisotopic (exact) mass is 391 g/mol. The van der Waals surface area contributed by atoms with E-state index in [9.17, 15) is 14.0 Å². The van der Waals surface area contributed by atoms with Gasteiger partial charge in [-0.2, -0.15) is 0 Å². The van der Waals surface area contributed by atoms with Gasteiger partial charge in [0.15, 0.2) is 0 Å². The first-order valence-corrected chi connectivity index (χ1v) is 9.71. The molecule has 2 heterocycles. The third-order valence-electron chi connectivity index (χ3n) is 5.15. The Hall–Kier alpha value is -3.41. The fourth-order valence-electron chi connectivity index (χ4n) is 3.69. The Morgan fingerprint density at radius 3 is 2.48 bits per heavy atom. The van der Waals surface area contributed by atoms with Gasteiger partial charge in [-0.05, 0) is 48.7 Å². The van der Waals surface area contributed by atoms with E-state index in [4.69, 9.17) is 0 Å². The van der Waals surface area contributed by atoms with Crippen LogP contribution < -0.4 is 5.32 Å². The summed E-state index contributed by atoms with van der Waals surface area (Å²) in [5.41, 5.74) is 1.53. The topological polar surface area (TPSA) is 54.3 Å². The third kappa shape index (κ3) is 4.06. The normalized spacial score (nSPS) is 15.2. The summed E-state index contributed by atoms with van der Waals surface area (Å²) in [4.78, 5) is 27.3. The molecule has 0 spiro atoms. The molecule has 1 fully saturated rings. The molecule has 1 atom stereocenters. The van der Waals surface area contributed by atoms with Crippen LogP contribution >= 0.6 is 0 Å². The van der Waals surface area contributed by atoms with E-state index >= 15 is 0 Å². The van der Waals surface area contributed by atoms with Gasteiger partial charge in [-0.25, -0.2) is 4.39 Å². The lowest BCUT2D eigenvalue weighted by molar-refractivity contribution is -0.141. The quantitative estimate of drug-likeness (QED) is 0.705. The Morgan fingerprint density at radius 1 is 1.00 bits per heavy atom. The number of aromatic nitrogens is 1. The van der Waals surface area contributed by atoms with Crippen molar-refractivity contribution in [2.75, 3.05) is 11.9 Å². The lowest BCUT2D eigenvalue weighted by Crippen LogP contribution is -2.43. The second kappa shape index (κ2) is 8.31. The number of hydrogen-bond donors (Lipinski definition) is 1. The summed E-state index contributed by atoms with van der Waals surface area (Å²) in [5, 5.41) is 2.71. The highest BCUT2D eigenvalue weighted by atomic mass is 19.1. The van der Waals surface area contributed by atoms with E-state index in [1.54, 1.807) is 17.0 Å². The number of carbonyl (C=O) groups excluding carboxylic acids is 2. The summed E-state index contributed by atoms with van der Waals surface area (Å²) in [5.74, 6) is -0.997. The fourth-order valence-corrected chi connectivity index (χ4v) is 3.69. The van der Waals surface area contributed by atoms with Crippen molar-refractivity contribution in [3.63, 3.8) is 0 Å². The maximum absolute atomic E-state index is 14.5. The van der Waals surface area contributed by atoms with Crippen LogP contribution in [0.3, 0.4) is 0 Å². The Kier molecular flexibility index (Phi) is 5.42. The van der Waals surface area contributed by atoms with Crippen molar-refractivity contribution in [1.29, 1.82) is 0 Å². The molecule has 4 rings (SSSR count). The van der Waals surface area contributed by atoms with Crippen molar-refractivity contribution in [2.24, 2.45) is 0 Å². The second-order valence-electron chi connectivity index (χ2n) is 7.10. The molecule has 1 aromatic heterocycles. The van der Waals surface area contributed by atoms with Gasteiger partial charge in [0.1, 0.15) is 11.9 Å². The number of anilines is 1. The zero-order valence-electron chi connectivity index (χ0n) is 15.9. The van der Waals surface area contributed by atoms with Crippen LogP contribution in [0.15, 0.2) is 73.1 Å². The average molecular weight is 391 g/mol. The van der Waals surface area contributed by atoms with Crippen molar-refractivity contribution in [1.82, 2.24) is 9.47 Å². The number of carbonyl (C=O) groups is 2. The zero-order chi connectivity index (χ0) is 20.2. The molecular weight excluding hydrogens is 369 g/mol. The smallest absolute Gasteiger partial charge is 0.251 e. The van der Waals surface area contributed by atoms with Crippen LogP contribution in [0.1, 0.15) is 30.9 Å². The molecule has 1 saturated heterocycles. The van der Waals surface area contributed by atoms with Crippen LogP contribution in [0.4, 0.5) is 10.1 Å². The van der Waals surface area contributed by atoms with Crippen LogP contribution in [0.2, 0.25) is 0 Å². The molecular formula is C23H22FN3O2. The van der Waals surface area contributed by atoms with E-state index in [2.05, 4.69) is 5.32 Å². The van der Waals surface area contributed by atoms with E-state index in [-0.39, 0.29) is 11.6 Å². The van der Waals surface area contributed by atoms with Crippen LogP contribution in [0.25, 0.3) is 5.69 Å². The minimum atomic E-state index is -0.793. The molecule has 2 aromatic carbocycles. The number of halogens is 1. The van der Waals surface area contributed by atoms with E-state index < -0.39 is 17.8 Å². The van der Waals surface area contributed by atoms with E-state index in [1.807, 2.05) is 59.4 Å². The average Bonchev–Trinajstić information content (AvgIpc) is 3.27. The molecule has 5 nitrogen and oxygen atoms in total. The Morgan fingerprint density at radius 2 is 1.76 bits per heavy atom. The van der Waals surface area contributed by atoms with E-state index in [0.717, 1.165) is 18.5 Å². The van der Waals surface area contributed by atoms with Gasteiger partial charge in [-0.1, -0.05) is 30.3 Å². The Balaban J connectivity index is 1.65. The van der Waals surface area contributed by atoms with Crippen molar-refractivity contribution >= 4 is 17.5 Å². The third-order valence-corrected chi connectivity index (χ3v) is 5.15. The number of rotatable bonds is 5. The van der Waals surface area contributed by atoms with Gasteiger partial charge in [0.2, 0.25) is 5.91 Å². The van der Waals surface area contributed by atoms with Gasteiger partial charge in [0.05, 0.1) is 5.69 Å². The van der Waals surface area contributed by atoms with Crippen molar-refractivity contribution in [2.45, 2.75) is 25.3 Å².